The monoisotopic (exact) mass is 439 g/mol. The van der Waals surface area contributed by atoms with Crippen molar-refractivity contribution in [2.75, 3.05) is 13.2 Å². The maximum Gasteiger partial charge on any atom is 0.195 e. The van der Waals surface area contributed by atoms with Crippen LogP contribution in [0.25, 0.3) is 10.9 Å². The number of halogens is 1. The van der Waals surface area contributed by atoms with Crippen molar-refractivity contribution in [3.63, 3.8) is 0 Å². The van der Waals surface area contributed by atoms with E-state index in [1.807, 2.05) is 41.1 Å². The Morgan fingerprint density at radius 1 is 1.14 bits per heavy atom. The average Bonchev–Trinajstić information content (AvgIpc) is 3.02. The Hall–Kier alpha value is -2.11. The summed E-state index contributed by atoms with van der Waals surface area (Å²) in [6.07, 6.45) is 1.79. The van der Waals surface area contributed by atoms with E-state index in [4.69, 9.17) is 9.57 Å². The molecule has 1 aromatic heterocycles. The van der Waals surface area contributed by atoms with E-state index in [1.54, 1.807) is 0 Å². The minimum absolute atomic E-state index is 0.0755. The lowest BCUT2D eigenvalue weighted by molar-refractivity contribution is -0.0379. The first-order valence-electron chi connectivity index (χ1n) is 9.72. The zero-order valence-electron chi connectivity index (χ0n) is 16.0. The molecule has 1 saturated heterocycles. The summed E-state index contributed by atoms with van der Waals surface area (Å²) in [4.78, 5) is 20.0. The van der Waals surface area contributed by atoms with Gasteiger partial charge in [0.15, 0.2) is 5.78 Å². The molecule has 1 aliphatic heterocycles. The number of benzene rings is 2. The molecular weight excluding hydrogens is 418 g/mol. The molecule has 4 nitrogen and oxygen atoms in total. The highest BCUT2D eigenvalue weighted by Gasteiger charge is 2.42. The molecule has 2 heterocycles. The molecule has 1 fully saturated rings. The normalized spacial score (nSPS) is 18.8. The van der Waals surface area contributed by atoms with Crippen LogP contribution in [-0.2, 0) is 10.2 Å². The molecule has 5 heteroatoms. The van der Waals surface area contributed by atoms with Gasteiger partial charge < -0.3 is 9.57 Å². The Labute approximate surface area is 172 Å². The Kier molecular flexibility index (Phi) is 4.14. The summed E-state index contributed by atoms with van der Waals surface area (Å²) in [5, 5.41) is 0.942. The maximum absolute atomic E-state index is 13.5. The van der Waals surface area contributed by atoms with E-state index in [-0.39, 0.29) is 17.3 Å². The fourth-order valence-electron chi connectivity index (χ4n) is 4.56. The molecule has 2 aliphatic rings. The van der Waals surface area contributed by atoms with Gasteiger partial charge in [-0.15, -0.1) is 0 Å². The second kappa shape index (κ2) is 6.46. The Morgan fingerprint density at radius 3 is 2.68 bits per heavy atom. The van der Waals surface area contributed by atoms with Crippen molar-refractivity contribution in [3.05, 3.63) is 69.3 Å². The predicted molar refractivity (Wildman–Crippen MR) is 112 cm³/mol. The van der Waals surface area contributed by atoms with Crippen LogP contribution in [0.1, 0.15) is 53.9 Å². The first-order valence-corrected chi connectivity index (χ1v) is 10.5. The molecule has 144 valence electrons. The third kappa shape index (κ3) is 2.56. The Bertz CT molecular complexity index is 1090. The second-order valence-corrected chi connectivity index (χ2v) is 9.01. The van der Waals surface area contributed by atoms with Gasteiger partial charge in [-0.1, -0.05) is 60.1 Å². The van der Waals surface area contributed by atoms with Gasteiger partial charge in [-0.3, -0.25) is 4.79 Å². The molecule has 28 heavy (non-hydrogen) atoms. The van der Waals surface area contributed by atoms with Gasteiger partial charge in [0.25, 0.3) is 0 Å². The van der Waals surface area contributed by atoms with Crippen molar-refractivity contribution in [2.24, 2.45) is 0 Å². The van der Waals surface area contributed by atoms with Gasteiger partial charge in [-0.25, -0.2) is 0 Å². The van der Waals surface area contributed by atoms with Crippen LogP contribution in [0.4, 0.5) is 0 Å². The largest absolute Gasteiger partial charge is 0.410 e. The first kappa shape index (κ1) is 18.0. The van der Waals surface area contributed by atoms with Crippen LogP contribution in [0.3, 0.4) is 0 Å². The first-order chi connectivity index (χ1) is 13.5. The summed E-state index contributed by atoms with van der Waals surface area (Å²) in [5.74, 6) is 0.0755. The standard InChI is InChI=1S/C23H22BrNO3/c1-23(2)18-6-4-3-5-16(18)21(26)20-17-8-7-14(24)13-19(17)25(22(20)23)28-15-9-11-27-12-10-15/h3-8,13,15H,9-12H2,1-2H3. The van der Waals surface area contributed by atoms with E-state index in [0.29, 0.717) is 13.2 Å². The molecule has 0 amide bonds. The number of carbonyl (C=O) groups excluding carboxylic acids is 1. The molecule has 0 unspecified atom stereocenters. The van der Waals surface area contributed by atoms with Crippen LogP contribution in [0.15, 0.2) is 46.9 Å². The van der Waals surface area contributed by atoms with Gasteiger partial charge in [0.1, 0.15) is 6.10 Å². The summed E-state index contributed by atoms with van der Waals surface area (Å²) in [5.41, 5.74) is 4.12. The number of carbonyl (C=O) groups is 1. The van der Waals surface area contributed by atoms with Crippen molar-refractivity contribution in [3.8, 4) is 0 Å². The number of nitrogens with zero attached hydrogens (tertiary/aromatic N) is 1. The van der Waals surface area contributed by atoms with Gasteiger partial charge in [-0.2, -0.15) is 4.73 Å². The SMILES string of the molecule is CC1(C)c2ccccc2C(=O)c2c1n(OC1CCOCC1)c1cc(Br)ccc21. The lowest BCUT2D eigenvalue weighted by atomic mass is 9.71. The molecule has 3 aromatic rings. The van der Waals surface area contributed by atoms with Crippen LogP contribution >= 0.6 is 15.9 Å². The fourth-order valence-corrected chi connectivity index (χ4v) is 4.91. The lowest BCUT2D eigenvalue weighted by Crippen LogP contribution is -2.37. The van der Waals surface area contributed by atoms with Crippen molar-refractivity contribution in [1.29, 1.82) is 0 Å². The van der Waals surface area contributed by atoms with Crippen LogP contribution in [0.5, 0.6) is 0 Å². The van der Waals surface area contributed by atoms with E-state index in [0.717, 1.165) is 50.6 Å². The van der Waals surface area contributed by atoms with Gasteiger partial charge in [-0.05, 0) is 17.7 Å². The zero-order chi connectivity index (χ0) is 19.5. The average molecular weight is 440 g/mol. The number of aromatic nitrogens is 1. The summed E-state index contributed by atoms with van der Waals surface area (Å²) >= 11 is 3.58. The van der Waals surface area contributed by atoms with Crippen molar-refractivity contribution in [1.82, 2.24) is 4.73 Å². The number of fused-ring (bicyclic) bond motifs is 4. The lowest BCUT2D eigenvalue weighted by Gasteiger charge is -2.34. The Morgan fingerprint density at radius 2 is 1.89 bits per heavy atom. The van der Waals surface area contributed by atoms with Crippen molar-refractivity contribution in [2.45, 2.75) is 38.2 Å². The number of ketones is 1. The quantitative estimate of drug-likeness (QED) is 0.570. The molecule has 0 radical (unpaired) electrons. The minimum Gasteiger partial charge on any atom is -0.410 e. The molecular formula is C23H22BrNO3. The molecule has 0 bridgehead atoms. The van der Waals surface area contributed by atoms with E-state index in [1.165, 1.54) is 0 Å². The van der Waals surface area contributed by atoms with Crippen LogP contribution < -0.4 is 4.84 Å². The topological polar surface area (TPSA) is 40.5 Å². The Balaban J connectivity index is 1.79. The summed E-state index contributed by atoms with van der Waals surface area (Å²) in [6.45, 7) is 5.77. The number of ether oxygens (including phenoxy) is 1. The maximum atomic E-state index is 13.5. The number of hydrogen-bond donors (Lipinski definition) is 0. The molecule has 1 aliphatic carbocycles. The van der Waals surface area contributed by atoms with Crippen LogP contribution in [-0.4, -0.2) is 29.8 Å². The van der Waals surface area contributed by atoms with Gasteiger partial charge in [0, 0.05) is 33.7 Å². The highest BCUT2D eigenvalue weighted by molar-refractivity contribution is 9.10. The molecule has 0 atom stereocenters. The molecule has 0 saturated carbocycles. The van der Waals surface area contributed by atoms with E-state index in [9.17, 15) is 4.79 Å². The molecule has 0 spiro atoms. The molecule has 2 aromatic carbocycles. The highest BCUT2D eigenvalue weighted by Crippen LogP contribution is 2.45. The van der Waals surface area contributed by atoms with Crippen molar-refractivity contribution >= 4 is 32.6 Å². The van der Waals surface area contributed by atoms with Crippen LogP contribution in [0, 0.1) is 0 Å². The van der Waals surface area contributed by atoms with E-state index >= 15 is 0 Å². The van der Waals surface area contributed by atoms with Gasteiger partial charge in [0.05, 0.1) is 30.0 Å². The van der Waals surface area contributed by atoms with Crippen molar-refractivity contribution < 1.29 is 14.4 Å². The smallest absolute Gasteiger partial charge is 0.195 e. The predicted octanol–water partition coefficient (Wildman–Crippen LogP) is 4.88. The number of hydrogen-bond acceptors (Lipinski definition) is 3. The fraction of sp³-hybridized carbons (Fsp3) is 0.348. The van der Waals surface area contributed by atoms with Crippen LogP contribution in [0.2, 0.25) is 0 Å². The third-order valence-electron chi connectivity index (χ3n) is 5.97. The zero-order valence-corrected chi connectivity index (χ0v) is 17.6. The van der Waals surface area contributed by atoms with E-state index in [2.05, 4.69) is 35.8 Å². The number of rotatable bonds is 2. The minimum atomic E-state index is -0.351. The van der Waals surface area contributed by atoms with Gasteiger partial charge in [0.2, 0.25) is 0 Å². The molecule has 0 N–H and O–H groups in total. The summed E-state index contributed by atoms with van der Waals surface area (Å²) in [7, 11) is 0. The summed E-state index contributed by atoms with van der Waals surface area (Å²) < 4.78 is 8.39. The highest BCUT2D eigenvalue weighted by atomic mass is 79.9. The molecule has 5 rings (SSSR count). The van der Waals surface area contributed by atoms with Gasteiger partial charge >= 0.3 is 0 Å². The summed E-state index contributed by atoms with van der Waals surface area (Å²) in [6, 6.07) is 14.0. The second-order valence-electron chi connectivity index (χ2n) is 8.10. The van der Waals surface area contributed by atoms with E-state index < -0.39 is 0 Å². The third-order valence-corrected chi connectivity index (χ3v) is 6.47.